The molecule has 0 fully saturated rings. The summed E-state index contributed by atoms with van der Waals surface area (Å²) in [6, 6.07) is 12.5. The lowest BCUT2D eigenvalue weighted by Crippen LogP contribution is -2.24. The Balaban J connectivity index is 1.87. The van der Waals surface area contributed by atoms with Crippen molar-refractivity contribution in [2.75, 3.05) is 11.0 Å². The fourth-order valence-corrected chi connectivity index (χ4v) is 3.46. The van der Waals surface area contributed by atoms with Gasteiger partial charge in [0.15, 0.2) is 0 Å². The monoisotopic (exact) mass is 375 g/mol. The van der Waals surface area contributed by atoms with Gasteiger partial charge in [-0.2, -0.15) is 5.10 Å². The molecule has 6 nitrogen and oxygen atoms in total. The van der Waals surface area contributed by atoms with Gasteiger partial charge in [-0.15, -0.1) is 0 Å². The Morgan fingerprint density at radius 3 is 2.50 bits per heavy atom. The maximum Gasteiger partial charge on any atom is 0.240 e. The summed E-state index contributed by atoms with van der Waals surface area (Å²) in [7, 11) is -3.35. The van der Waals surface area contributed by atoms with Crippen LogP contribution in [0.5, 0.6) is 0 Å². The number of sulfonamides is 1. The Morgan fingerprint density at radius 1 is 1.23 bits per heavy atom. The van der Waals surface area contributed by atoms with Gasteiger partial charge in [0.1, 0.15) is 5.82 Å². The predicted octanol–water partition coefficient (Wildman–Crippen LogP) is 2.89. The Hall–Kier alpha value is -2.74. The van der Waals surface area contributed by atoms with Crippen LogP contribution in [0.1, 0.15) is 30.5 Å². The van der Waals surface area contributed by atoms with E-state index in [1.165, 1.54) is 24.1 Å². The summed E-state index contributed by atoms with van der Waals surface area (Å²) in [5.41, 5.74) is 2.57. The summed E-state index contributed by atoms with van der Waals surface area (Å²) < 4.78 is 38.5. The van der Waals surface area contributed by atoms with E-state index in [1.807, 2.05) is 0 Å². The highest BCUT2D eigenvalue weighted by Gasteiger charge is 2.31. The molecule has 3 rings (SSSR count). The van der Waals surface area contributed by atoms with E-state index in [1.54, 1.807) is 36.4 Å². The average Bonchev–Trinajstić information content (AvgIpc) is 2.99. The van der Waals surface area contributed by atoms with Gasteiger partial charge >= 0.3 is 0 Å². The topological polar surface area (TPSA) is 78.8 Å². The molecule has 2 aromatic rings. The SMILES string of the molecule is CC(=O)N1N=C(c2ccc(NS(C)(=O)=O)cc2)CC1c1cccc(F)c1. The minimum absolute atomic E-state index is 0.232. The number of anilines is 1. The zero-order valence-electron chi connectivity index (χ0n) is 14.3. The number of nitrogens with one attached hydrogen (secondary N) is 1. The van der Waals surface area contributed by atoms with Crippen LogP contribution >= 0.6 is 0 Å². The lowest BCUT2D eigenvalue weighted by atomic mass is 9.98. The first-order chi connectivity index (χ1) is 12.2. The van der Waals surface area contributed by atoms with Crippen molar-refractivity contribution >= 4 is 27.3 Å². The van der Waals surface area contributed by atoms with Crippen LogP contribution in [0.3, 0.4) is 0 Å². The Bertz CT molecular complexity index is 971. The molecule has 1 amide bonds. The molecule has 1 atom stereocenters. The Kier molecular flexibility index (Phi) is 4.78. The third-order valence-corrected chi connectivity index (χ3v) is 4.59. The van der Waals surface area contributed by atoms with Gasteiger partial charge in [0.2, 0.25) is 15.9 Å². The van der Waals surface area contributed by atoms with E-state index >= 15 is 0 Å². The van der Waals surface area contributed by atoms with Crippen molar-refractivity contribution in [3.05, 3.63) is 65.5 Å². The number of carbonyl (C=O) groups is 1. The smallest absolute Gasteiger partial charge is 0.240 e. The molecule has 26 heavy (non-hydrogen) atoms. The zero-order valence-corrected chi connectivity index (χ0v) is 15.1. The molecule has 136 valence electrons. The molecular formula is C18H18FN3O3S. The summed E-state index contributed by atoms with van der Waals surface area (Å²) in [5, 5.41) is 5.74. The number of rotatable bonds is 4. The summed E-state index contributed by atoms with van der Waals surface area (Å²) in [5.74, 6) is -0.597. The normalized spacial score (nSPS) is 17.1. The van der Waals surface area contributed by atoms with Crippen molar-refractivity contribution in [2.24, 2.45) is 5.10 Å². The summed E-state index contributed by atoms with van der Waals surface area (Å²) >= 11 is 0. The van der Waals surface area contributed by atoms with Crippen molar-refractivity contribution in [3.8, 4) is 0 Å². The van der Waals surface area contributed by atoms with Gasteiger partial charge in [0.05, 0.1) is 18.0 Å². The summed E-state index contributed by atoms with van der Waals surface area (Å²) in [6.07, 6.45) is 1.53. The maximum atomic E-state index is 13.6. The minimum Gasteiger partial charge on any atom is -0.284 e. The second-order valence-electron chi connectivity index (χ2n) is 6.14. The molecule has 1 heterocycles. The number of hydrogen-bond donors (Lipinski definition) is 1. The van der Waals surface area contributed by atoms with Crippen LogP contribution in [0.2, 0.25) is 0 Å². The van der Waals surface area contributed by atoms with Gasteiger partial charge < -0.3 is 0 Å². The third kappa shape index (κ3) is 4.08. The number of hydrazone groups is 1. The van der Waals surface area contributed by atoms with Gasteiger partial charge in [0.25, 0.3) is 0 Å². The molecule has 0 bridgehead atoms. The molecule has 0 aromatic heterocycles. The largest absolute Gasteiger partial charge is 0.284 e. The minimum atomic E-state index is -3.35. The molecule has 8 heteroatoms. The fraction of sp³-hybridized carbons (Fsp3) is 0.222. The number of carbonyl (C=O) groups excluding carboxylic acids is 1. The maximum absolute atomic E-state index is 13.6. The molecule has 1 aliphatic heterocycles. The van der Waals surface area contributed by atoms with Crippen LogP contribution in [0.4, 0.5) is 10.1 Å². The second-order valence-corrected chi connectivity index (χ2v) is 7.89. The molecule has 1 unspecified atom stereocenters. The number of nitrogens with zero attached hydrogens (tertiary/aromatic N) is 2. The van der Waals surface area contributed by atoms with E-state index in [0.29, 0.717) is 23.4 Å². The third-order valence-electron chi connectivity index (χ3n) is 3.99. The summed E-state index contributed by atoms with van der Waals surface area (Å²) in [4.78, 5) is 12.0. The zero-order chi connectivity index (χ0) is 18.9. The highest BCUT2D eigenvalue weighted by atomic mass is 32.2. The van der Waals surface area contributed by atoms with Crippen LogP contribution in [0.25, 0.3) is 0 Å². The van der Waals surface area contributed by atoms with Gasteiger partial charge in [-0.05, 0) is 35.4 Å². The van der Waals surface area contributed by atoms with Crippen molar-refractivity contribution < 1.29 is 17.6 Å². The van der Waals surface area contributed by atoms with Gasteiger partial charge in [0, 0.05) is 19.0 Å². The van der Waals surface area contributed by atoms with E-state index in [2.05, 4.69) is 9.82 Å². The molecule has 1 aliphatic rings. The fourth-order valence-electron chi connectivity index (χ4n) is 2.89. The molecule has 1 N–H and O–H groups in total. The first kappa shape index (κ1) is 18.1. The first-order valence-corrected chi connectivity index (χ1v) is 9.83. The van der Waals surface area contributed by atoms with Crippen LogP contribution in [0.15, 0.2) is 53.6 Å². The van der Waals surface area contributed by atoms with E-state index in [0.717, 1.165) is 11.8 Å². The Morgan fingerprint density at radius 2 is 1.92 bits per heavy atom. The molecular weight excluding hydrogens is 357 g/mol. The van der Waals surface area contributed by atoms with Crippen LogP contribution in [0, 0.1) is 5.82 Å². The van der Waals surface area contributed by atoms with E-state index in [9.17, 15) is 17.6 Å². The number of halogens is 1. The molecule has 2 aromatic carbocycles. The van der Waals surface area contributed by atoms with Gasteiger partial charge in [-0.1, -0.05) is 24.3 Å². The van der Waals surface area contributed by atoms with Crippen molar-refractivity contribution in [1.82, 2.24) is 5.01 Å². The number of amides is 1. The van der Waals surface area contributed by atoms with Crippen molar-refractivity contribution in [3.63, 3.8) is 0 Å². The lowest BCUT2D eigenvalue weighted by molar-refractivity contribution is -0.130. The summed E-state index contributed by atoms with van der Waals surface area (Å²) in [6.45, 7) is 1.41. The molecule has 0 saturated heterocycles. The standard InChI is InChI=1S/C18H18FN3O3S/c1-12(23)22-18(14-4-3-5-15(19)10-14)11-17(20-22)13-6-8-16(9-7-13)21-26(2,24)25/h3-10,18,21H,11H2,1-2H3. The van der Waals surface area contributed by atoms with Crippen LogP contribution in [-0.4, -0.2) is 31.3 Å². The van der Waals surface area contributed by atoms with Crippen LogP contribution in [-0.2, 0) is 14.8 Å². The lowest BCUT2D eigenvalue weighted by Gasteiger charge is -2.20. The van der Waals surface area contributed by atoms with Crippen molar-refractivity contribution in [2.45, 2.75) is 19.4 Å². The average molecular weight is 375 g/mol. The quantitative estimate of drug-likeness (QED) is 0.892. The van der Waals surface area contributed by atoms with E-state index in [4.69, 9.17) is 0 Å². The molecule has 0 radical (unpaired) electrons. The predicted molar refractivity (Wildman–Crippen MR) is 97.7 cm³/mol. The van der Waals surface area contributed by atoms with Crippen molar-refractivity contribution in [1.29, 1.82) is 0 Å². The highest BCUT2D eigenvalue weighted by Crippen LogP contribution is 2.33. The van der Waals surface area contributed by atoms with Gasteiger partial charge in [-0.25, -0.2) is 17.8 Å². The first-order valence-electron chi connectivity index (χ1n) is 7.94. The van der Waals surface area contributed by atoms with E-state index < -0.39 is 10.0 Å². The molecule has 0 saturated carbocycles. The number of hydrogen-bond acceptors (Lipinski definition) is 4. The second kappa shape index (κ2) is 6.87. The number of benzene rings is 2. The highest BCUT2D eigenvalue weighted by molar-refractivity contribution is 7.92. The van der Waals surface area contributed by atoms with Gasteiger partial charge in [-0.3, -0.25) is 9.52 Å². The van der Waals surface area contributed by atoms with Crippen LogP contribution < -0.4 is 4.72 Å². The Labute approximate surface area is 151 Å². The molecule has 0 aliphatic carbocycles. The molecule has 0 spiro atoms. The van der Waals surface area contributed by atoms with E-state index in [-0.39, 0.29) is 17.8 Å².